The second kappa shape index (κ2) is 4.90. The average Bonchev–Trinajstić information content (AvgIpc) is 2.39. The third kappa shape index (κ3) is 2.43. The number of rotatable bonds is 2. The molecule has 0 radical (unpaired) electrons. The third-order valence-corrected chi connectivity index (χ3v) is 3.41. The summed E-state index contributed by atoms with van der Waals surface area (Å²) < 4.78 is 5.83. The van der Waals surface area contributed by atoms with Gasteiger partial charge in [0.25, 0.3) is 0 Å². The van der Waals surface area contributed by atoms with Crippen molar-refractivity contribution < 1.29 is 4.74 Å². The lowest BCUT2D eigenvalue weighted by atomic mass is 9.94. The Morgan fingerprint density at radius 3 is 3.00 bits per heavy atom. The summed E-state index contributed by atoms with van der Waals surface area (Å²) >= 11 is 0. The van der Waals surface area contributed by atoms with Crippen LogP contribution in [0.2, 0.25) is 0 Å². The molecule has 0 amide bonds. The largest absolute Gasteiger partial charge is 0.460 e. The Labute approximate surface area is 106 Å². The number of benzene rings is 1. The molecule has 1 aliphatic carbocycles. The quantitative estimate of drug-likeness (QED) is 0.879. The molecule has 2 aromatic rings. The Morgan fingerprint density at radius 2 is 2.11 bits per heavy atom. The zero-order valence-corrected chi connectivity index (χ0v) is 10.2. The summed E-state index contributed by atoms with van der Waals surface area (Å²) in [6.45, 7) is 0. The maximum atomic E-state index is 5.95. The predicted molar refractivity (Wildman–Crippen MR) is 70.4 cm³/mol. The number of hydrogen-bond donors (Lipinski definition) is 1. The van der Waals surface area contributed by atoms with Gasteiger partial charge in [-0.25, -0.2) is 4.98 Å². The van der Waals surface area contributed by atoms with Gasteiger partial charge in [0.15, 0.2) is 0 Å². The SMILES string of the molecule is NC1CCCC(Oc2ncc3ccccc3n2)C1. The molecule has 0 saturated heterocycles. The first-order valence-corrected chi connectivity index (χ1v) is 6.45. The van der Waals surface area contributed by atoms with Crippen LogP contribution in [0.3, 0.4) is 0 Å². The van der Waals surface area contributed by atoms with E-state index in [1.807, 2.05) is 24.3 Å². The van der Waals surface area contributed by atoms with Gasteiger partial charge in [-0.05, 0) is 31.7 Å². The van der Waals surface area contributed by atoms with E-state index < -0.39 is 0 Å². The highest BCUT2D eigenvalue weighted by Crippen LogP contribution is 2.21. The highest BCUT2D eigenvalue weighted by Gasteiger charge is 2.21. The van der Waals surface area contributed by atoms with Crippen LogP contribution in [-0.2, 0) is 0 Å². The number of hydrogen-bond acceptors (Lipinski definition) is 4. The van der Waals surface area contributed by atoms with Crippen LogP contribution in [-0.4, -0.2) is 22.1 Å². The van der Waals surface area contributed by atoms with E-state index >= 15 is 0 Å². The van der Waals surface area contributed by atoms with Crippen molar-refractivity contribution in [2.24, 2.45) is 5.73 Å². The minimum absolute atomic E-state index is 0.162. The van der Waals surface area contributed by atoms with Crippen LogP contribution in [0.25, 0.3) is 10.9 Å². The van der Waals surface area contributed by atoms with Gasteiger partial charge < -0.3 is 10.5 Å². The van der Waals surface area contributed by atoms with Gasteiger partial charge in [0, 0.05) is 17.6 Å². The molecule has 1 heterocycles. The molecule has 1 aliphatic rings. The van der Waals surface area contributed by atoms with Crippen LogP contribution >= 0.6 is 0 Å². The molecule has 2 N–H and O–H groups in total. The highest BCUT2D eigenvalue weighted by atomic mass is 16.5. The summed E-state index contributed by atoms with van der Waals surface area (Å²) in [6.07, 6.45) is 6.13. The van der Waals surface area contributed by atoms with Gasteiger partial charge in [0.2, 0.25) is 0 Å². The van der Waals surface area contributed by atoms with Crippen molar-refractivity contribution in [2.45, 2.75) is 37.8 Å². The maximum Gasteiger partial charge on any atom is 0.317 e. The molecule has 0 aliphatic heterocycles. The minimum atomic E-state index is 0.162. The van der Waals surface area contributed by atoms with Crippen molar-refractivity contribution >= 4 is 10.9 Å². The number of nitrogens with two attached hydrogens (primary N) is 1. The zero-order chi connectivity index (χ0) is 12.4. The van der Waals surface area contributed by atoms with E-state index in [-0.39, 0.29) is 12.1 Å². The van der Waals surface area contributed by atoms with E-state index in [1.165, 1.54) is 0 Å². The minimum Gasteiger partial charge on any atom is -0.460 e. The predicted octanol–water partition coefficient (Wildman–Crippen LogP) is 2.28. The summed E-state index contributed by atoms with van der Waals surface area (Å²) in [5, 5.41) is 1.03. The molecule has 2 atom stereocenters. The van der Waals surface area contributed by atoms with Gasteiger partial charge in [-0.3, -0.25) is 0 Å². The van der Waals surface area contributed by atoms with Gasteiger partial charge >= 0.3 is 6.01 Å². The highest BCUT2D eigenvalue weighted by molar-refractivity contribution is 5.77. The second-order valence-electron chi connectivity index (χ2n) is 4.88. The Balaban J connectivity index is 1.78. The number of aromatic nitrogens is 2. The zero-order valence-electron chi connectivity index (χ0n) is 10.2. The van der Waals surface area contributed by atoms with E-state index in [1.54, 1.807) is 6.20 Å². The fourth-order valence-electron chi connectivity index (χ4n) is 2.45. The monoisotopic (exact) mass is 243 g/mol. The molecule has 4 heteroatoms. The molecular formula is C14H17N3O. The molecular weight excluding hydrogens is 226 g/mol. The summed E-state index contributed by atoms with van der Waals surface area (Å²) in [5.74, 6) is 0. The first kappa shape index (κ1) is 11.4. The Bertz CT molecular complexity index is 543. The summed E-state index contributed by atoms with van der Waals surface area (Å²) in [4.78, 5) is 8.67. The topological polar surface area (TPSA) is 61.0 Å². The van der Waals surface area contributed by atoms with Gasteiger partial charge in [-0.15, -0.1) is 0 Å². The van der Waals surface area contributed by atoms with Crippen molar-refractivity contribution in [3.05, 3.63) is 30.5 Å². The van der Waals surface area contributed by atoms with Crippen LogP contribution < -0.4 is 10.5 Å². The Morgan fingerprint density at radius 1 is 1.22 bits per heavy atom. The van der Waals surface area contributed by atoms with Crippen molar-refractivity contribution in [1.29, 1.82) is 0 Å². The van der Waals surface area contributed by atoms with Crippen molar-refractivity contribution in [2.75, 3.05) is 0 Å². The summed E-state index contributed by atoms with van der Waals surface area (Å²) in [5.41, 5.74) is 6.87. The second-order valence-corrected chi connectivity index (χ2v) is 4.88. The molecule has 1 saturated carbocycles. The van der Waals surface area contributed by atoms with E-state index in [2.05, 4.69) is 9.97 Å². The van der Waals surface area contributed by atoms with E-state index in [9.17, 15) is 0 Å². The van der Waals surface area contributed by atoms with Crippen molar-refractivity contribution in [1.82, 2.24) is 9.97 Å². The fourth-order valence-corrected chi connectivity index (χ4v) is 2.45. The Kier molecular flexibility index (Phi) is 3.11. The van der Waals surface area contributed by atoms with Gasteiger partial charge in [-0.2, -0.15) is 4.98 Å². The van der Waals surface area contributed by atoms with Crippen LogP contribution in [0.15, 0.2) is 30.5 Å². The fraction of sp³-hybridized carbons (Fsp3) is 0.429. The van der Waals surface area contributed by atoms with Crippen LogP contribution in [0.5, 0.6) is 6.01 Å². The lowest BCUT2D eigenvalue weighted by molar-refractivity contribution is 0.133. The van der Waals surface area contributed by atoms with Crippen LogP contribution in [0.1, 0.15) is 25.7 Å². The van der Waals surface area contributed by atoms with E-state index in [4.69, 9.17) is 10.5 Å². The van der Waals surface area contributed by atoms with Crippen LogP contribution in [0.4, 0.5) is 0 Å². The molecule has 0 spiro atoms. The van der Waals surface area contributed by atoms with E-state index in [0.717, 1.165) is 36.6 Å². The summed E-state index contributed by atoms with van der Waals surface area (Å²) in [7, 11) is 0. The number of para-hydroxylation sites is 1. The van der Waals surface area contributed by atoms with Crippen LogP contribution in [0, 0.1) is 0 Å². The Hall–Kier alpha value is -1.68. The molecule has 0 bridgehead atoms. The first-order valence-electron chi connectivity index (χ1n) is 6.45. The number of nitrogens with zero attached hydrogens (tertiary/aromatic N) is 2. The lowest BCUT2D eigenvalue weighted by Gasteiger charge is -2.26. The lowest BCUT2D eigenvalue weighted by Crippen LogP contribution is -2.34. The van der Waals surface area contributed by atoms with Gasteiger partial charge in [0.1, 0.15) is 6.10 Å². The molecule has 18 heavy (non-hydrogen) atoms. The van der Waals surface area contributed by atoms with Gasteiger partial charge in [-0.1, -0.05) is 18.2 Å². The molecule has 1 aromatic carbocycles. The molecule has 94 valence electrons. The average molecular weight is 243 g/mol. The molecule has 1 fully saturated rings. The normalized spacial score (nSPS) is 24.1. The van der Waals surface area contributed by atoms with Gasteiger partial charge in [0.05, 0.1) is 5.52 Å². The molecule has 1 aromatic heterocycles. The third-order valence-electron chi connectivity index (χ3n) is 3.41. The number of ether oxygens (including phenoxy) is 1. The molecule has 4 nitrogen and oxygen atoms in total. The molecule has 2 unspecified atom stereocenters. The van der Waals surface area contributed by atoms with E-state index in [0.29, 0.717) is 6.01 Å². The maximum absolute atomic E-state index is 5.95. The number of fused-ring (bicyclic) bond motifs is 1. The summed E-state index contributed by atoms with van der Waals surface area (Å²) in [6, 6.07) is 8.63. The first-order chi connectivity index (χ1) is 8.81. The van der Waals surface area contributed by atoms with Crippen molar-refractivity contribution in [3.8, 4) is 6.01 Å². The molecule has 3 rings (SSSR count). The van der Waals surface area contributed by atoms with Crippen molar-refractivity contribution in [3.63, 3.8) is 0 Å². The smallest absolute Gasteiger partial charge is 0.317 e. The standard InChI is InChI=1S/C14H17N3O/c15-11-5-3-6-12(8-11)18-14-16-9-10-4-1-2-7-13(10)17-14/h1-2,4,7,9,11-12H,3,5-6,8,15H2.